The molecular formula is C14H18N2O3. The van der Waals surface area contributed by atoms with Crippen molar-refractivity contribution in [3.05, 3.63) is 35.9 Å². The number of hydrogen-bond donors (Lipinski definition) is 0. The summed E-state index contributed by atoms with van der Waals surface area (Å²) in [5.41, 5.74) is 0.466. The Bertz CT molecular complexity index is 439. The third-order valence-corrected chi connectivity index (χ3v) is 3.19. The number of rotatable bonds is 3. The Morgan fingerprint density at radius 2 is 1.74 bits per heavy atom. The molecule has 5 nitrogen and oxygen atoms in total. The Kier molecular flexibility index (Phi) is 4.52. The molecule has 1 heterocycles. The maximum atomic E-state index is 11.9. The average Bonchev–Trinajstić information content (AvgIpc) is 2.46. The van der Waals surface area contributed by atoms with Gasteiger partial charge in [-0.25, -0.2) is 4.79 Å². The molecule has 2 rings (SSSR count). The van der Waals surface area contributed by atoms with Gasteiger partial charge in [-0.3, -0.25) is 4.79 Å². The zero-order valence-corrected chi connectivity index (χ0v) is 11.0. The molecule has 0 N–H and O–H groups in total. The predicted molar refractivity (Wildman–Crippen MR) is 70.8 cm³/mol. The quantitative estimate of drug-likeness (QED) is 0.749. The zero-order valence-electron chi connectivity index (χ0n) is 11.0. The number of esters is 1. The molecule has 0 unspecified atom stereocenters. The van der Waals surface area contributed by atoms with Crippen LogP contribution in [0.5, 0.6) is 0 Å². The van der Waals surface area contributed by atoms with Crippen molar-refractivity contribution in [2.75, 3.05) is 39.8 Å². The predicted octanol–water partition coefficient (Wildman–Crippen LogP) is 0.617. The van der Waals surface area contributed by atoms with Crippen LogP contribution in [0, 0.1) is 0 Å². The van der Waals surface area contributed by atoms with Crippen LogP contribution in [0.3, 0.4) is 0 Å². The molecule has 0 radical (unpaired) electrons. The molecule has 0 aromatic heterocycles. The van der Waals surface area contributed by atoms with Crippen molar-refractivity contribution in [2.24, 2.45) is 0 Å². The largest absolute Gasteiger partial charge is 0.452 e. The van der Waals surface area contributed by atoms with Crippen LogP contribution in [0.1, 0.15) is 10.4 Å². The molecule has 1 aliphatic rings. The maximum Gasteiger partial charge on any atom is 0.338 e. The van der Waals surface area contributed by atoms with Crippen LogP contribution in [-0.2, 0) is 9.53 Å². The minimum Gasteiger partial charge on any atom is -0.452 e. The number of ether oxygens (including phenoxy) is 1. The Labute approximate surface area is 112 Å². The van der Waals surface area contributed by atoms with E-state index in [4.69, 9.17) is 4.74 Å². The van der Waals surface area contributed by atoms with E-state index in [2.05, 4.69) is 4.90 Å². The van der Waals surface area contributed by atoms with Gasteiger partial charge in [0, 0.05) is 26.2 Å². The maximum absolute atomic E-state index is 11.9. The van der Waals surface area contributed by atoms with Crippen molar-refractivity contribution in [3.63, 3.8) is 0 Å². The molecular weight excluding hydrogens is 244 g/mol. The third kappa shape index (κ3) is 3.79. The second-order valence-electron chi connectivity index (χ2n) is 4.63. The fourth-order valence-electron chi connectivity index (χ4n) is 1.93. The van der Waals surface area contributed by atoms with Gasteiger partial charge in [0.05, 0.1) is 5.56 Å². The summed E-state index contributed by atoms with van der Waals surface area (Å²) >= 11 is 0. The minimum atomic E-state index is -0.455. The molecule has 19 heavy (non-hydrogen) atoms. The summed E-state index contributed by atoms with van der Waals surface area (Å²) in [6.45, 7) is 2.92. The Balaban J connectivity index is 1.79. The van der Waals surface area contributed by atoms with E-state index < -0.39 is 5.97 Å². The van der Waals surface area contributed by atoms with Gasteiger partial charge in [0.15, 0.2) is 6.61 Å². The fraction of sp³-hybridized carbons (Fsp3) is 0.429. The summed E-state index contributed by atoms with van der Waals surface area (Å²) in [4.78, 5) is 27.5. The fourth-order valence-corrected chi connectivity index (χ4v) is 1.93. The molecule has 1 saturated heterocycles. The molecule has 0 spiro atoms. The van der Waals surface area contributed by atoms with Gasteiger partial charge in [-0.15, -0.1) is 0 Å². The number of likely N-dealkylation sites (N-methyl/N-ethyl adjacent to an activating group) is 1. The molecule has 0 atom stereocenters. The van der Waals surface area contributed by atoms with Gasteiger partial charge < -0.3 is 14.5 Å². The van der Waals surface area contributed by atoms with Gasteiger partial charge in [0.2, 0.25) is 0 Å². The first-order chi connectivity index (χ1) is 9.16. The van der Waals surface area contributed by atoms with Gasteiger partial charge >= 0.3 is 5.97 Å². The first-order valence-electron chi connectivity index (χ1n) is 6.35. The Morgan fingerprint density at radius 3 is 2.37 bits per heavy atom. The highest BCUT2D eigenvalue weighted by Gasteiger charge is 2.20. The minimum absolute atomic E-state index is 0.127. The van der Waals surface area contributed by atoms with E-state index in [1.165, 1.54) is 0 Å². The monoisotopic (exact) mass is 262 g/mol. The highest BCUT2D eigenvalue weighted by Crippen LogP contribution is 2.03. The number of hydrogen-bond acceptors (Lipinski definition) is 4. The van der Waals surface area contributed by atoms with E-state index in [-0.39, 0.29) is 12.5 Å². The van der Waals surface area contributed by atoms with Crippen molar-refractivity contribution < 1.29 is 14.3 Å². The number of amides is 1. The molecule has 1 aliphatic heterocycles. The average molecular weight is 262 g/mol. The van der Waals surface area contributed by atoms with Crippen LogP contribution in [0.2, 0.25) is 0 Å². The summed E-state index contributed by atoms with van der Waals surface area (Å²) in [5, 5.41) is 0. The molecule has 1 aromatic rings. The Hall–Kier alpha value is -1.88. The van der Waals surface area contributed by atoms with Crippen LogP contribution in [0.15, 0.2) is 30.3 Å². The smallest absolute Gasteiger partial charge is 0.338 e. The summed E-state index contributed by atoms with van der Waals surface area (Å²) in [6, 6.07) is 8.69. The summed E-state index contributed by atoms with van der Waals surface area (Å²) < 4.78 is 5.03. The lowest BCUT2D eigenvalue weighted by Gasteiger charge is -2.32. The molecule has 1 aromatic carbocycles. The molecule has 1 fully saturated rings. The van der Waals surface area contributed by atoms with Crippen LogP contribution < -0.4 is 0 Å². The van der Waals surface area contributed by atoms with Gasteiger partial charge in [0.1, 0.15) is 0 Å². The van der Waals surface area contributed by atoms with Crippen molar-refractivity contribution >= 4 is 11.9 Å². The molecule has 5 heteroatoms. The van der Waals surface area contributed by atoms with Crippen molar-refractivity contribution in [1.82, 2.24) is 9.80 Å². The van der Waals surface area contributed by atoms with E-state index in [9.17, 15) is 9.59 Å². The SMILES string of the molecule is CN1CCN(C(=O)COC(=O)c2ccccc2)CC1. The first kappa shape index (κ1) is 13.5. The second-order valence-corrected chi connectivity index (χ2v) is 4.63. The molecule has 1 amide bonds. The summed E-state index contributed by atoms with van der Waals surface area (Å²) in [5.74, 6) is -0.583. The lowest BCUT2D eigenvalue weighted by molar-refractivity contribution is -0.136. The van der Waals surface area contributed by atoms with Gasteiger partial charge in [-0.05, 0) is 19.2 Å². The number of carbonyl (C=O) groups is 2. The van der Waals surface area contributed by atoms with E-state index in [1.54, 1.807) is 29.2 Å². The zero-order chi connectivity index (χ0) is 13.7. The van der Waals surface area contributed by atoms with Crippen LogP contribution in [0.4, 0.5) is 0 Å². The first-order valence-corrected chi connectivity index (χ1v) is 6.35. The second kappa shape index (κ2) is 6.33. The van der Waals surface area contributed by atoms with Gasteiger partial charge in [-0.1, -0.05) is 18.2 Å². The molecule has 0 saturated carbocycles. The Morgan fingerprint density at radius 1 is 1.11 bits per heavy atom. The summed E-state index contributed by atoms with van der Waals surface area (Å²) in [6.07, 6.45) is 0. The molecule has 0 bridgehead atoms. The normalized spacial score (nSPS) is 16.2. The highest BCUT2D eigenvalue weighted by molar-refractivity contribution is 5.91. The lowest BCUT2D eigenvalue weighted by atomic mass is 10.2. The lowest BCUT2D eigenvalue weighted by Crippen LogP contribution is -2.48. The number of benzene rings is 1. The summed E-state index contributed by atoms with van der Waals surface area (Å²) in [7, 11) is 2.03. The molecule has 0 aliphatic carbocycles. The van der Waals surface area contributed by atoms with Crippen LogP contribution in [-0.4, -0.2) is 61.5 Å². The number of piperazine rings is 1. The number of carbonyl (C=O) groups excluding carboxylic acids is 2. The standard InChI is InChI=1S/C14H18N2O3/c1-15-7-9-16(10-8-15)13(17)11-19-14(18)12-5-3-2-4-6-12/h2-6H,7-11H2,1H3. The van der Waals surface area contributed by atoms with E-state index in [0.717, 1.165) is 13.1 Å². The van der Waals surface area contributed by atoms with Crippen LogP contribution >= 0.6 is 0 Å². The van der Waals surface area contributed by atoms with Gasteiger partial charge in [-0.2, -0.15) is 0 Å². The topological polar surface area (TPSA) is 49.9 Å². The van der Waals surface area contributed by atoms with E-state index >= 15 is 0 Å². The van der Waals surface area contributed by atoms with Gasteiger partial charge in [0.25, 0.3) is 5.91 Å². The van der Waals surface area contributed by atoms with E-state index in [0.29, 0.717) is 18.7 Å². The van der Waals surface area contributed by atoms with Crippen molar-refractivity contribution in [2.45, 2.75) is 0 Å². The van der Waals surface area contributed by atoms with Crippen LogP contribution in [0.25, 0.3) is 0 Å². The highest BCUT2D eigenvalue weighted by atomic mass is 16.5. The van der Waals surface area contributed by atoms with Crippen molar-refractivity contribution in [3.8, 4) is 0 Å². The number of nitrogens with zero attached hydrogens (tertiary/aromatic N) is 2. The van der Waals surface area contributed by atoms with E-state index in [1.807, 2.05) is 13.1 Å². The third-order valence-electron chi connectivity index (χ3n) is 3.19. The van der Waals surface area contributed by atoms with Crippen molar-refractivity contribution in [1.29, 1.82) is 0 Å². The molecule has 102 valence electrons.